The van der Waals surface area contributed by atoms with Crippen molar-refractivity contribution in [2.45, 2.75) is 59.5 Å². The molecule has 0 fully saturated rings. The monoisotopic (exact) mass is 345 g/mol. The van der Waals surface area contributed by atoms with Crippen LogP contribution in [0, 0.1) is 6.92 Å². The Kier molecular flexibility index (Phi) is 8.41. The molecule has 0 bridgehead atoms. The minimum Gasteiger partial charge on any atom is -0.382 e. The first-order valence-electron chi connectivity index (χ1n) is 7.66. The molecule has 20 heavy (non-hydrogen) atoms. The second kappa shape index (κ2) is 9.53. The van der Waals surface area contributed by atoms with E-state index in [0.29, 0.717) is 6.04 Å². The van der Waals surface area contributed by atoms with E-state index < -0.39 is 0 Å². The number of nitrogens with zero attached hydrogens (tertiary/aromatic N) is 2. The second-order valence-electron chi connectivity index (χ2n) is 4.96. The lowest BCUT2D eigenvalue weighted by atomic mass is 10.1. The van der Waals surface area contributed by atoms with Gasteiger partial charge in [0.25, 0.3) is 0 Å². The van der Waals surface area contributed by atoms with E-state index in [1.54, 1.807) is 0 Å². The van der Waals surface area contributed by atoms with E-state index >= 15 is 0 Å². The molecule has 5 heteroatoms. The number of nitrogens with one attached hydrogen (secondary N) is 1. The largest absolute Gasteiger partial charge is 0.382 e. The van der Waals surface area contributed by atoms with Gasteiger partial charge in [0.1, 0.15) is 0 Å². The fraction of sp³-hybridized carbons (Fsp3) is 0.800. The zero-order valence-electron chi connectivity index (χ0n) is 13.2. The summed E-state index contributed by atoms with van der Waals surface area (Å²) in [6.07, 6.45) is 3.24. The fourth-order valence-corrected chi connectivity index (χ4v) is 2.88. The van der Waals surface area contributed by atoms with Crippen LogP contribution in [0.4, 0.5) is 0 Å². The van der Waals surface area contributed by atoms with Crippen molar-refractivity contribution in [1.29, 1.82) is 0 Å². The van der Waals surface area contributed by atoms with E-state index in [1.807, 2.05) is 6.92 Å². The van der Waals surface area contributed by atoms with Gasteiger partial charge in [-0.3, -0.25) is 4.68 Å². The SMILES string of the molecule is CCNC(CCCOCC)Cc1c(Br)c(C)nn1CC. The number of likely N-dealkylation sites (N-methyl/N-ethyl adjacent to an activating group) is 1. The van der Waals surface area contributed by atoms with Crippen molar-refractivity contribution in [2.24, 2.45) is 0 Å². The van der Waals surface area contributed by atoms with Crippen molar-refractivity contribution < 1.29 is 4.74 Å². The van der Waals surface area contributed by atoms with E-state index in [0.717, 1.165) is 55.7 Å². The van der Waals surface area contributed by atoms with Crippen LogP contribution in [0.2, 0.25) is 0 Å². The van der Waals surface area contributed by atoms with Gasteiger partial charge in [-0.2, -0.15) is 5.10 Å². The molecule has 4 nitrogen and oxygen atoms in total. The highest BCUT2D eigenvalue weighted by atomic mass is 79.9. The fourth-order valence-electron chi connectivity index (χ4n) is 2.44. The third-order valence-corrected chi connectivity index (χ3v) is 4.46. The minimum atomic E-state index is 0.484. The Balaban J connectivity index is 2.64. The summed E-state index contributed by atoms with van der Waals surface area (Å²) in [4.78, 5) is 0. The molecule has 1 atom stereocenters. The van der Waals surface area contributed by atoms with E-state index in [9.17, 15) is 0 Å². The number of aryl methyl sites for hydroxylation is 2. The van der Waals surface area contributed by atoms with Gasteiger partial charge >= 0.3 is 0 Å². The number of hydrogen-bond acceptors (Lipinski definition) is 3. The van der Waals surface area contributed by atoms with Crippen LogP contribution in [0.25, 0.3) is 0 Å². The Morgan fingerprint density at radius 1 is 1.35 bits per heavy atom. The maximum Gasteiger partial charge on any atom is 0.0738 e. The average Bonchev–Trinajstić information content (AvgIpc) is 2.71. The summed E-state index contributed by atoms with van der Waals surface area (Å²) in [5.41, 5.74) is 2.37. The van der Waals surface area contributed by atoms with E-state index in [1.165, 1.54) is 5.69 Å². The molecule has 0 spiro atoms. The lowest BCUT2D eigenvalue weighted by Gasteiger charge is -2.18. The molecule has 0 aliphatic heterocycles. The molecule has 0 aliphatic carbocycles. The van der Waals surface area contributed by atoms with Crippen molar-refractivity contribution >= 4 is 15.9 Å². The number of hydrogen-bond donors (Lipinski definition) is 1. The topological polar surface area (TPSA) is 39.1 Å². The molecule has 1 aromatic rings. The van der Waals surface area contributed by atoms with Crippen molar-refractivity contribution in [3.8, 4) is 0 Å². The predicted molar refractivity (Wildman–Crippen MR) is 87.2 cm³/mol. The summed E-state index contributed by atoms with van der Waals surface area (Å²) in [6, 6.07) is 0.484. The molecule has 1 unspecified atom stereocenters. The molecule has 1 rings (SSSR count). The number of ether oxygens (including phenoxy) is 1. The van der Waals surface area contributed by atoms with Crippen molar-refractivity contribution in [2.75, 3.05) is 19.8 Å². The van der Waals surface area contributed by atoms with Crippen LogP contribution in [0.5, 0.6) is 0 Å². The number of aromatic nitrogens is 2. The first kappa shape index (κ1) is 17.7. The smallest absolute Gasteiger partial charge is 0.0738 e. The first-order valence-corrected chi connectivity index (χ1v) is 8.46. The molecule has 1 N–H and O–H groups in total. The van der Waals surface area contributed by atoms with Crippen LogP contribution >= 0.6 is 15.9 Å². The van der Waals surface area contributed by atoms with Crippen LogP contribution < -0.4 is 5.32 Å². The highest BCUT2D eigenvalue weighted by Crippen LogP contribution is 2.23. The summed E-state index contributed by atoms with van der Waals surface area (Å²) in [5.74, 6) is 0. The molecular formula is C15H28BrN3O. The standard InChI is InChI=1S/C15H28BrN3O/c1-5-17-13(9-8-10-20-7-3)11-14-15(16)12(4)18-19(14)6-2/h13,17H,5-11H2,1-4H3. The Hall–Kier alpha value is -0.390. The number of halogens is 1. The summed E-state index contributed by atoms with van der Waals surface area (Å²) in [6.45, 7) is 12.0. The quantitative estimate of drug-likeness (QED) is 0.661. The Bertz CT molecular complexity index is 393. The van der Waals surface area contributed by atoms with Gasteiger partial charge in [-0.15, -0.1) is 0 Å². The predicted octanol–water partition coefficient (Wildman–Crippen LogP) is 3.31. The first-order chi connectivity index (χ1) is 9.63. The number of rotatable bonds is 10. The van der Waals surface area contributed by atoms with Crippen molar-refractivity contribution in [3.05, 3.63) is 15.9 Å². The molecule has 0 radical (unpaired) electrons. The molecule has 0 saturated carbocycles. The maximum absolute atomic E-state index is 5.43. The molecule has 0 amide bonds. The van der Waals surface area contributed by atoms with Gasteiger partial charge in [-0.25, -0.2) is 0 Å². The normalized spacial score (nSPS) is 12.8. The van der Waals surface area contributed by atoms with E-state index in [-0.39, 0.29) is 0 Å². The molecule has 1 aromatic heterocycles. The van der Waals surface area contributed by atoms with Crippen molar-refractivity contribution in [1.82, 2.24) is 15.1 Å². The van der Waals surface area contributed by atoms with Gasteiger partial charge in [0, 0.05) is 32.2 Å². The van der Waals surface area contributed by atoms with Crippen LogP contribution in [-0.2, 0) is 17.7 Å². The lowest BCUT2D eigenvalue weighted by molar-refractivity contribution is 0.140. The van der Waals surface area contributed by atoms with Gasteiger partial charge in [0.05, 0.1) is 15.9 Å². The van der Waals surface area contributed by atoms with Crippen LogP contribution in [-0.4, -0.2) is 35.6 Å². The van der Waals surface area contributed by atoms with Crippen molar-refractivity contribution in [3.63, 3.8) is 0 Å². The van der Waals surface area contributed by atoms with Gasteiger partial charge in [-0.1, -0.05) is 6.92 Å². The van der Waals surface area contributed by atoms with Crippen LogP contribution in [0.15, 0.2) is 4.47 Å². The summed E-state index contributed by atoms with van der Waals surface area (Å²) in [7, 11) is 0. The average molecular weight is 346 g/mol. The molecule has 0 aromatic carbocycles. The van der Waals surface area contributed by atoms with E-state index in [4.69, 9.17) is 4.74 Å². The highest BCUT2D eigenvalue weighted by molar-refractivity contribution is 9.10. The van der Waals surface area contributed by atoms with Gasteiger partial charge in [0.2, 0.25) is 0 Å². The maximum atomic E-state index is 5.43. The van der Waals surface area contributed by atoms with Gasteiger partial charge in [-0.05, 0) is 56.1 Å². The van der Waals surface area contributed by atoms with E-state index in [2.05, 4.69) is 51.8 Å². The molecule has 1 heterocycles. The molecule has 0 aliphatic rings. The summed E-state index contributed by atoms with van der Waals surface area (Å²) < 4.78 is 8.69. The molecule has 116 valence electrons. The molecule has 0 saturated heterocycles. The van der Waals surface area contributed by atoms with Gasteiger partial charge < -0.3 is 10.1 Å². The zero-order chi connectivity index (χ0) is 15.0. The second-order valence-corrected chi connectivity index (χ2v) is 5.75. The summed E-state index contributed by atoms with van der Waals surface area (Å²) >= 11 is 3.68. The highest BCUT2D eigenvalue weighted by Gasteiger charge is 2.17. The third-order valence-electron chi connectivity index (χ3n) is 3.43. The van der Waals surface area contributed by atoms with Gasteiger partial charge in [0.15, 0.2) is 0 Å². The summed E-state index contributed by atoms with van der Waals surface area (Å²) in [5, 5.41) is 8.15. The third kappa shape index (κ3) is 5.19. The lowest BCUT2D eigenvalue weighted by Crippen LogP contribution is -2.32. The Morgan fingerprint density at radius 3 is 2.70 bits per heavy atom. The molecular weight excluding hydrogens is 318 g/mol. The van der Waals surface area contributed by atoms with Crippen LogP contribution in [0.1, 0.15) is 45.0 Å². The zero-order valence-corrected chi connectivity index (χ0v) is 14.8. The Morgan fingerprint density at radius 2 is 2.10 bits per heavy atom. The Labute approximate surface area is 131 Å². The van der Waals surface area contributed by atoms with Crippen LogP contribution in [0.3, 0.4) is 0 Å². The minimum absolute atomic E-state index is 0.484.